The average molecular weight is 170 g/mol. The lowest BCUT2D eigenvalue weighted by atomic mass is 10.2. The van der Waals surface area contributed by atoms with Crippen molar-refractivity contribution in [1.29, 1.82) is 0 Å². The number of amides is 1. The van der Waals surface area contributed by atoms with Gasteiger partial charge in [-0.2, -0.15) is 0 Å². The highest BCUT2D eigenvalue weighted by Crippen LogP contribution is 2.09. The molecular formula is C9H16NO2. The third kappa shape index (κ3) is 2.72. The molecule has 12 heavy (non-hydrogen) atoms. The third-order valence-corrected chi connectivity index (χ3v) is 1.97. The van der Waals surface area contributed by atoms with E-state index < -0.39 is 0 Å². The van der Waals surface area contributed by atoms with Crippen molar-refractivity contribution in [3.63, 3.8) is 0 Å². The Bertz CT molecular complexity index is 139. The van der Waals surface area contributed by atoms with Crippen LogP contribution in [-0.4, -0.2) is 30.7 Å². The van der Waals surface area contributed by atoms with Crippen LogP contribution in [0.2, 0.25) is 0 Å². The van der Waals surface area contributed by atoms with Crippen molar-refractivity contribution in [2.45, 2.75) is 26.2 Å². The van der Waals surface area contributed by atoms with Crippen molar-refractivity contribution in [2.24, 2.45) is 0 Å². The molecule has 1 amide bonds. The Morgan fingerprint density at radius 3 is 3.08 bits per heavy atom. The number of likely N-dealkylation sites (tertiary alicyclic amines) is 1. The summed E-state index contributed by atoms with van der Waals surface area (Å²) in [5.74, 6) is 0. The lowest BCUT2D eigenvalue weighted by molar-refractivity contribution is 0.109. The molecule has 1 rings (SSSR count). The number of ether oxygens (including phenoxy) is 1. The van der Waals surface area contributed by atoms with Crippen LogP contribution in [0.1, 0.15) is 26.2 Å². The maximum Gasteiger partial charge on any atom is 0.409 e. The molecule has 3 nitrogen and oxygen atoms in total. The van der Waals surface area contributed by atoms with Crippen LogP contribution in [0.3, 0.4) is 0 Å². The van der Waals surface area contributed by atoms with E-state index in [1.165, 1.54) is 0 Å². The van der Waals surface area contributed by atoms with Gasteiger partial charge < -0.3 is 9.64 Å². The van der Waals surface area contributed by atoms with Crippen LogP contribution in [0.25, 0.3) is 0 Å². The first kappa shape index (κ1) is 9.36. The van der Waals surface area contributed by atoms with Crippen LogP contribution >= 0.6 is 0 Å². The number of nitrogens with zero attached hydrogens (tertiary/aromatic N) is 1. The van der Waals surface area contributed by atoms with Crippen molar-refractivity contribution in [1.82, 2.24) is 4.90 Å². The molecule has 3 heteroatoms. The summed E-state index contributed by atoms with van der Waals surface area (Å²) in [6, 6.07) is 0. The number of hydrogen-bond donors (Lipinski definition) is 0. The largest absolute Gasteiger partial charge is 0.450 e. The maximum atomic E-state index is 11.2. The van der Waals surface area contributed by atoms with Crippen molar-refractivity contribution in [3.05, 3.63) is 6.42 Å². The molecule has 0 aliphatic carbocycles. The number of carbonyl (C=O) groups is 1. The van der Waals surface area contributed by atoms with Gasteiger partial charge in [0.25, 0.3) is 0 Å². The quantitative estimate of drug-likeness (QED) is 0.601. The molecule has 0 unspecified atom stereocenters. The molecule has 69 valence electrons. The fourth-order valence-electron chi connectivity index (χ4n) is 1.33. The Labute approximate surface area is 73.7 Å². The molecule has 1 aliphatic rings. The van der Waals surface area contributed by atoms with Gasteiger partial charge in [0, 0.05) is 13.1 Å². The van der Waals surface area contributed by atoms with Gasteiger partial charge in [0.2, 0.25) is 0 Å². The minimum atomic E-state index is -0.159. The summed E-state index contributed by atoms with van der Waals surface area (Å²) in [4.78, 5) is 13.0. The van der Waals surface area contributed by atoms with Crippen LogP contribution in [0.15, 0.2) is 0 Å². The smallest absolute Gasteiger partial charge is 0.409 e. The molecular weight excluding hydrogens is 154 g/mol. The Morgan fingerprint density at radius 1 is 1.50 bits per heavy atom. The Hall–Kier alpha value is -0.730. The van der Waals surface area contributed by atoms with Gasteiger partial charge in [0.1, 0.15) is 0 Å². The summed E-state index contributed by atoms with van der Waals surface area (Å²) in [6.45, 7) is 3.97. The normalized spacial score (nSPS) is 18.6. The van der Waals surface area contributed by atoms with E-state index >= 15 is 0 Å². The number of rotatable bonds is 1. The maximum absolute atomic E-state index is 11.2. The fourth-order valence-corrected chi connectivity index (χ4v) is 1.33. The summed E-state index contributed by atoms with van der Waals surface area (Å²) in [7, 11) is 0. The van der Waals surface area contributed by atoms with E-state index in [0.717, 1.165) is 32.4 Å². The van der Waals surface area contributed by atoms with Crippen molar-refractivity contribution < 1.29 is 9.53 Å². The molecule has 1 aliphatic heterocycles. The van der Waals surface area contributed by atoms with Gasteiger partial charge in [-0.05, 0) is 32.6 Å². The van der Waals surface area contributed by atoms with E-state index in [1.807, 2.05) is 6.92 Å². The van der Waals surface area contributed by atoms with E-state index in [1.54, 1.807) is 4.90 Å². The first-order chi connectivity index (χ1) is 5.84. The van der Waals surface area contributed by atoms with Crippen molar-refractivity contribution in [3.8, 4) is 0 Å². The van der Waals surface area contributed by atoms with E-state index in [-0.39, 0.29) is 6.09 Å². The summed E-state index contributed by atoms with van der Waals surface area (Å²) in [5, 5.41) is 0. The predicted molar refractivity (Wildman–Crippen MR) is 46.7 cm³/mol. The monoisotopic (exact) mass is 170 g/mol. The van der Waals surface area contributed by atoms with Gasteiger partial charge in [-0.1, -0.05) is 0 Å². The van der Waals surface area contributed by atoms with Gasteiger partial charge in [-0.25, -0.2) is 4.79 Å². The summed E-state index contributed by atoms with van der Waals surface area (Å²) < 4.78 is 4.91. The molecule has 1 fully saturated rings. The molecule has 0 aromatic heterocycles. The minimum Gasteiger partial charge on any atom is -0.450 e. The minimum absolute atomic E-state index is 0.159. The van der Waals surface area contributed by atoms with Gasteiger partial charge in [-0.15, -0.1) is 0 Å². The third-order valence-electron chi connectivity index (χ3n) is 1.97. The van der Waals surface area contributed by atoms with Gasteiger partial charge >= 0.3 is 6.09 Å². The predicted octanol–water partition coefficient (Wildman–Crippen LogP) is 1.83. The second-order valence-corrected chi connectivity index (χ2v) is 2.91. The average Bonchev–Trinajstić information content (AvgIpc) is 2.32. The fraction of sp³-hybridized carbons (Fsp3) is 0.778. The number of carbonyl (C=O) groups excluding carboxylic acids is 1. The van der Waals surface area contributed by atoms with Crippen LogP contribution in [0.4, 0.5) is 4.79 Å². The van der Waals surface area contributed by atoms with Crippen molar-refractivity contribution in [2.75, 3.05) is 19.7 Å². The highest BCUT2D eigenvalue weighted by Gasteiger charge is 2.15. The van der Waals surface area contributed by atoms with Gasteiger partial charge in [-0.3, -0.25) is 0 Å². The topological polar surface area (TPSA) is 29.5 Å². The number of hydrogen-bond acceptors (Lipinski definition) is 2. The Kier molecular flexibility index (Phi) is 3.91. The molecule has 0 saturated carbocycles. The summed E-state index contributed by atoms with van der Waals surface area (Å²) >= 11 is 0. The lowest BCUT2D eigenvalue weighted by Gasteiger charge is -2.18. The van der Waals surface area contributed by atoms with Crippen LogP contribution in [0, 0.1) is 6.42 Å². The van der Waals surface area contributed by atoms with Crippen LogP contribution in [-0.2, 0) is 4.74 Å². The molecule has 0 aromatic carbocycles. The Morgan fingerprint density at radius 2 is 2.33 bits per heavy atom. The summed E-state index contributed by atoms with van der Waals surface area (Å²) in [6.07, 6.45) is 5.26. The lowest BCUT2D eigenvalue weighted by Crippen LogP contribution is -2.32. The van der Waals surface area contributed by atoms with E-state index in [0.29, 0.717) is 6.61 Å². The Balaban J connectivity index is 2.32. The molecule has 1 radical (unpaired) electrons. The second-order valence-electron chi connectivity index (χ2n) is 2.91. The molecule has 0 spiro atoms. The molecule has 0 atom stereocenters. The molecule has 1 saturated heterocycles. The van der Waals surface area contributed by atoms with E-state index in [4.69, 9.17) is 4.74 Å². The zero-order valence-corrected chi connectivity index (χ0v) is 7.58. The second kappa shape index (κ2) is 5.01. The van der Waals surface area contributed by atoms with E-state index in [9.17, 15) is 4.79 Å². The standard InChI is InChI=1S/C9H16NO2/c1-2-12-9(11)10-7-5-3-4-6-8-10/h3H,2,4-8H2,1H3. The van der Waals surface area contributed by atoms with Crippen LogP contribution < -0.4 is 0 Å². The highest BCUT2D eigenvalue weighted by molar-refractivity contribution is 5.67. The van der Waals surface area contributed by atoms with Gasteiger partial charge in [0.15, 0.2) is 0 Å². The van der Waals surface area contributed by atoms with Gasteiger partial charge in [0.05, 0.1) is 6.61 Å². The zero-order chi connectivity index (χ0) is 8.81. The zero-order valence-electron chi connectivity index (χ0n) is 7.58. The molecule has 0 aromatic rings. The van der Waals surface area contributed by atoms with Crippen molar-refractivity contribution >= 4 is 6.09 Å². The molecule has 1 heterocycles. The molecule has 0 N–H and O–H groups in total. The highest BCUT2D eigenvalue weighted by atomic mass is 16.6. The first-order valence-electron chi connectivity index (χ1n) is 4.58. The molecule has 0 bridgehead atoms. The SMILES string of the molecule is CCOC(=O)N1CC[CH]CCC1. The van der Waals surface area contributed by atoms with Crippen LogP contribution in [0.5, 0.6) is 0 Å². The van der Waals surface area contributed by atoms with E-state index in [2.05, 4.69) is 6.42 Å². The first-order valence-corrected chi connectivity index (χ1v) is 4.58. The summed E-state index contributed by atoms with van der Waals surface area (Å²) in [5.41, 5.74) is 0.